The van der Waals surface area contributed by atoms with Gasteiger partial charge in [-0.1, -0.05) is 20.3 Å². The molecule has 0 spiro atoms. The minimum Gasteiger partial charge on any atom is -0.447 e. The maximum atomic E-state index is 12.2. The molecule has 0 radical (unpaired) electrons. The van der Waals surface area contributed by atoms with Gasteiger partial charge in [-0.25, -0.2) is 9.78 Å². The van der Waals surface area contributed by atoms with Gasteiger partial charge in [-0.2, -0.15) is 4.98 Å². The van der Waals surface area contributed by atoms with E-state index in [0.717, 1.165) is 6.04 Å². The van der Waals surface area contributed by atoms with E-state index in [2.05, 4.69) is 41.0 Å². The van der Waals surface area contributed by atoms with E-state index in [1.807, 2.05) is 0 Å². The summed E-state index contributed by atoms with van der Waals surface area (Å²) >= 11 is 0. The Morgan fingerprint density at radius 3 is 2.57 bits per heavy atom. The number of likely N-dealkylation sites (tertiary alicyclic amines) is 1. The van der Waals surface area contributed by atoms with Gasteiger partial charge in [0.2, 0.25) is 5.95 Å². The van der Waals surface area contributed by atoms with E-state index in [-0.39, 0.29) is 12.1 Å². The molecule has 154 valence electrons. The third-order valence-electron chi connectivity index (χ3n) is 6.79. The van der Waals surface area contributed by atoms with Crippen LogP contribution >= 0.6 is 0 Å². The maximum absolute atomic E-state index is 12.2. The molecule has 1 aromatic rings. The van der Waals surface area contributed by atoms with E-state index in [1.54, 1.807) is 17.2 Å². The first kappa shape index (κ1) is 19.4. The molecule has 1 N–H and O–H groups in total. The molecule has 3 heterocycles. The molecule has 0 aromatic carbocycles. The van der Waals surface area contributed by atoms with E-state index in [1.165, 1.54) is 45.2 Å². The highest BCUT2D eigenvalue weighted by atomic mass is 16.6. The summed E-state index contributed by atoms with van der Waals surface area (Å²) in [5.41, 5.74) is 0. The number of aromatic nitrogens is 2. The second-order valence-electron chi connectivity index (χ2n) is 8.89. The zero-order valence-corrected chi connectivity index (χ0v) is 17.3. The topological polar surface area (TPSA) is 70.6 Å². The number of hydrogen-bond donors (Lipinski definition) is 1. The Morgan fingerprint density at radius 1 is 1.18 bits per heavy atom. The summed E-state index contributed by atoms with van der Waals surface area (Å²) in [5.74, 6) is 2.14. The van der Waals surface area contributed by atoms with Crippen LogP contribution in [0.4, 0.5) is 16.6 Å². The van der Waals surface area contributed by atoms with Gasteiger partial charge in [0.1, 0.15) is 12.4 Å². The summed E-state index contributed by atoms with van der Waals surface area (Å²) in [6, 6.07) is 2.96. The normalized spacial score (nSPS) is 25.6. The van der Waals surface area contributed by atoms with Crippen molar-refractivity contribution in [1.29, 1.82) is 0 Å². The number of piperidine rings is 1. The molecule has 3 aliphatic rings. The van der Waals surface area contributed by atoms with Crippen LogP contribution in [0.25, 0.3) is 0 Å². The van der Waals surface area contributed by atoms with Gasteiger partial charge >= 0.3 is 6.09 Å². The number of carbonyl (C=O) groups excluding carboxylic acids is 1. The molecular weight excluding hydrogens is 354 g/mol. The van der Waals surface area contributed by atoms with E-state index < -0.39 is 0 Å². The standard InChI is InChI=1S/C21H33N5O2/c1-14(2)18-13-28-21(27)26(18)19-7-10-22-20(24-19)23-15(3)16-8-11-25(12-9-16)17-5-4-6-17/h7,10,14-18H,4-6,8-9,11-13H2,1-3H3,(H,22,23,24)/t15-,18?/m0/s1. The molecule has 7 nitrogen and oxygen atoms in total. The van der Waals surface area contributed by atoms with Crippen molar-refractivity contribution in [3.63, 3.8) is 0 Å². The Bertz CT molecular complexity index is 685. The zero-order chi connectivity index (χ0) is 19.7. The van der Waals surface area contributed by atoms with Gasteiger partial charge in [-0.15, -0.1) is 0 Å². The van der Waals surface area contributed by atoms with Crippen LogP contribution in [0.1, 0.15) is 52.9 Å². The minimum absolute atomic E-state index is 0.0171. The molecule has 28 heavy (non-hydrogen) atoms. The lowest BCUT2D eigenvalue weighted by Crippen LogP contribution is -2.46. The molecule has 1 aromatic heterocycles. The lowest BCUT2D eigenvalue weighted by Gasteiger charge is -2.43. The molecule has 1 amide bonds. The number of carbonyl (C=O) groups is 1. The Morgan fingerprint density at radius 2 is 1.93 bits per heavy atom. The molecule has 3 fully saturated rings. The Balaban J connectivity index is 1.37. The molecule has 0 bridgehead atoms. The molecule has 1 saturated carbocycles. The number of hydrogen-bond acceptors (Lipinski definition) is 6. The van der Waals surface area contributed by atoms with Crippen LogP contribution in [0.5, 0.6) is 0 Å². The largest absolute Gasteiger partial charge is 0.447 e. The van der Waals surface area contributed by atoms with Gasteiger partial charge in [-0.05, 0) is 63.6 Å². The van der Waals surface area contributed by atoms with Crippen molar-refractivity contribution in [3.8, 4) is 0 Å². The van der Waals surface area contributed by atoms with E-state index >= 15 is 0 Å². The number of nitrogens with one attached hydrogen (secondary N) is 1. The summed E-state index contributed by atoms with van der Waals surface area (Å²) in [5, 5.41) is 3.49. The Kier molecular flexibility index (Phi) is 5.71. The highest BCUT2D eigenvalue weighted by Gasteiger charge is 2.37. The molecule has 2 atom stereocenters. The predicted molar refractivity (Wildman–Crippen MR) is 110 cm³/mol. The number of anilines is 2. The number of amides is 1. The van der Waals surface area contributed by atoms with Crippen molar-refractivity contribution < 1.29 is 9.53 Å². The number of ether oxygens (including phenoxy) is 1. The second kappa shape index (κ2) is 8.23. The fourth-order valence-corrected chi connectivity index (χ4v) is 4.60. The summed E-state index contributed by atoms with van der Waals surface area (Å²) in [6.45, 7) is 9.24. The highest BCUT2D eigenvalue weighted by molar-refractivity contribution is 5.89. The monoisotopic (exact) mass is 387 g/mol. The number of cyclic esters (lactones) is 1. The van der Waals surface area contributed by atoms with Gasteiger partial charge < -0.3 is 15.0 Å². The summed E-state index contributed by atoms with van der Waals surface area (Å²) in [4.78, 5) is 25.6. The Hall–Kier alpha value is -1.89. The van der Waals surface area contributed by atoms with Crippen molar-refractivity contribution in [2.45, 2.75) is 71.0 Å². The second-order valence-corrected chi connectivity index (χ2v) is 8.89. The summed E-state index contributed by atoms with van der Waals surface area (Å²) in [7, 11) is 0. The van der Waals surface area contributed by atoms with Crippen molar-refractivity contribution >= 4 is 17.9 Å². The van der Waals surface area contributed by atoms with Crippen molar-refractivity contribution in [2.24, 2.45) is 11.8 Å². The minimum atomic E-state index is -0.320. The zero-order valence-electron chi connectivity index (χ0n) is 17.3. The molecule has 2 aliphatic heterocycles. The lowest BCUT2D eigenvalue weighted by molar-refractivity contribution is 0.0814. The smallest absolute Gasteiger partial charge is 0.415 e. The van der Waals surface area contributed by atoms with Crippen molar-refractivity contribution in [3.05, 3.63) is 12.3 Å². The van der Waals surface area contributed by atoms with Gasteiger partial charge in [0.05, 0.1) is 6.04 Å². The molecular formula is C21H33N5O2. The van der Waals surface area contributed by atoms with Crippen LogP contribution in [0.15, 0.2) is 12.3 Å². The highest BCUT2D eigenvalue weighted by Crippen LogP contribution is 2.31. The quantitative estimate of drug-likeness (QED) is 0.805. The first-order valence-electron chi connectivity index (χ1n) is 10.8. The number of nitrogens with zero attached hydrogens (tertiary/aromatic N) is 4. The van der Waals surface area contributed by atoms with E-state index in [4.69, 9.17) is 4.74 Å². The van der Waals surface area contributed by atoms with Crippen LogP contribution in [0, 0.1) is 11.8 Å². The van der Waals surface area contributed by atoms with Crippen molar-refractivity contribution in [1.82, 2.24) is 14.9 Å². The van der Waals surface area contributed by atoms with E-state index in [0.29, 0.717) is 36.3 Å². The SMILES string of the molecule is CC(C)C1COC(=O)N1c1ccnc(N[C@@H](C)C2CCN(C3CCC3)CC2)n1. The van der Waals surface area contributed by atoms with Gasteiger partial charge in [-0.3, -0.25) is 4.90 Å². The predicted octanol–water partition coefficient (Wildman–Crippen LogP) is 3.52. The molecule has 1 unspecified atom stereocenters. The molecule has 2 saturated heterocycles. The fraction of sp³-hybridized carbons (Fsp3) is 0.762. The first-order chi connectivity index (χ1) is 13.5. The molecule has 7 heteroatoms. The summed E-state index contributed by atoms with van der Waals surface area (Å²) < 4.78 is 5.25. The van der Waals surface area contributed by atoms with E-state index in [9.17, 15) is 4.79 Å². The maximum Gasteiger partial charge on any atom is 0.415 e. The van der Waals surface area contributed by atoms with Crippen LogP contribution in [0.2, 0.25) is 0 Å². The molecule has 1 aliphatic carbocycles. The van der Waals surface area contributed by atoms with Gasteiger partial charge in [0.15, 0.2) is 0 Å². The van der Waals surface area contributed by atoms with Crippen LogP contribution in [0.3, 0.4) is 0 Å². The average molecular weight is 388 g/mol. The van der Waals surface area contributed by atoms with Gasteiger partial charge in [0, 0.05) is 18.3 Å². The van der Waals surface area contributed by atoms with Crippen LogP contribution < -0.4 is 10.2 Å². The number of rotatable bonds is 6. The average Bonchev–Trinajstić information content (AvgIpc) is 3.03. The third kappa shape index (κ3) is 3.95. The Labute approximate surface area is 167 Å². The fourth-order valence-electron chi connectivity index (χ4n) is 4.60. The van der Waals surface area contributed by atoms with Crippen molar-refractivity contribution in [2.75, 3.05) is 29.9 Å². The molecule has 4 rings (SSSR count). The van der Waals surface area contributed by atoms with Crippen LogP contribution in [-0.2, 0) is 4.74 Å². The van der Waals surface area contributed by atoms with Crippen LogP contribution in [-0.4, -0.2) is 58.8 Å². The summed E-state index contributed by atoms with van der Waals surface area (Å²) in [6.07, 6.45) is 8.01. The lowest BCUT2D eigenvalue weighted by atomic mass is 9.85. The third-order valence-corrected chi connectivity index (χ3v) is 6.79. The van der Waals surface area contributed by atoms with Gasteiger partial charge in [0.25, 0.3) is 0 Å². The first-order valence-corrected chi connectivity index (χ1v) is 10.8.